The monoisotopic (exact) mass is 367 g/mol. The summed E-state index contributed by atoms with van der Waals surface area (Å²) < 4.78 is 13.7. The molecule has 142 valence electrons. The molecular formula is C22H26FN3O. The normalized spacial score (nSPS) is 16.7. The summed E-state index contributed by atoms with van der Waals surface area (Å²) in [5, 5.41) is 6.23. The summed E-state index contributed by atoms with van der Waals surface area (Å²) in [6.07, 6.45) is 0.582. The maximum absolute atomic E-state index is 13.7. The minimum Gasteiger partial charge on any atom is -0.295 e. The second-order valence-electron chi connectivity index (χ2n) is 6.83. The lowest BCUT2D eigenvalue weighted by Gasteiger charge is -2.26. The number of hydrogen-bond acceptors (Lipinski definition) is 3. The van der Waals surface area contributed by atoms with Crippen molar-refractivity contribution in [1.82, 2.24) is 9.91 Å². The van der Waals surface area contributed by atoms with Crippen molar-refractivity contribution in [3.8, 4) is 0 Å². The molecule has 0 N–H and O–H groups in total. The van der Waals surface area contributed by atoms with Crippen LogP contribution in [-0.4, -0.2) is 41.2 Å². The van der Waals surface area contributed by atoms with Crippen LogP contribution in [0, 0.1) is 12.7 Å². The first kappa shape index (κ1) is 19.2. The Morgan fingerprint density at radius 2 is 1.93 bits per heavy atom. The number of carbonyl (C=O) groups excluding carboxylic acids is 1. The molecule has 27 heavy (non-hydrogen) atoms. The third kappa shape index (κ3) is 4.25. The Hall–Kier alpha value is -2.53. The van der Waals surface area contributed by atoms with Crippen molar-refractivity contribution in [2.75, 3.05) is 19.6 Å². The highest BCUT2D eigenvalue weighted by molar-refractivity contribution is 6.03. The summed E-state index contributed by atoms with van der Waals surface area (Å²) in [5.41, 5.74) is 3.68. The molecule has 4 nitrogen and oxygen atoms in total. The molecule has 0 bridgehead atoms. The molecule has 0 radical (unpaired) electrons. The molecule has 0 fully saturated rings. The van der Waals surface area contributed by atoms with E-state index in [0.29, 0.717) is 13.0 Å². The molecule has 0 aliphatic carbocycles. The maximum atomic E-state index is 13.7. The second kappa shape index (κ2) is 8.44. The van der Waals surface area contributed by atoms with Crippen LogP contribution in [-0.2, 0) is 4.79 Å². The largest absolute Gasteiger partial charge is 0.295 e. The van der Waals surface area contributed by atoms with Crippen LogP contribution >= 0.6 is 0 Å². The Labute approximate surface area is 160 Å². The third-order valence-corrected chi connectivity index (χ3v) is 5.12. The van der Waals surface area contributed by atoms with E-state index in [9.17, 15) is 9.18 Å². The van der Waals surface area contributed by atoms with Gasteiger partial charge < -0.3 is 0 Å². The fourth-order valence-electron chi connectivity index (χ4n) is 3.50. The van der Waals surface area contributed by atoms with Crippen molar-refractivity contribution in [3.05, 3.63) is 71.0 Å². The number of amides is 1. The van der Waals surface area contributed by atoms with E-state index in [1.165, 1.54) is 12.1 Å². The van der Waals surface area contributed by atoms with Gasteiger partial charge in [-0.1, -0.05) is 50.2 Å². The Kier molecular flexibility index (Phi) is 6.01. The van der Waals surface area contributed by atoms with Gasteiger partial charge in [-0.15, -0.1) is 0 Å². The Morgan fingerprint density at radius 3 is 2.59 bits per heavy atom. The lowest BCUT2D eigenvalue weighted by atomic mass is 9.95. The van der Waals surface area contributed by atoms with Crippen molar-refractivity contribution < 1.29 is 9.18 Å². The van der Waals surface area contributed by atoms with Crippen LogP contribution < -0.4 is 0 Å². The molecule has 0 aromatic heterocycles. The van der Waals surface area contributed by atoms with Gasteiger partial charge in [-0.2, -0.15) is 5.10 Å². The molecule has 0 saturated carbocycles. The van der Waals surface area contributed by atoms with E-state index >= 15 is 0 Å². The van der Waals surface area contributed by atoms with Crippen molar-refractivity contribution in [2.24, 2.45) is 5.10 Å². The fraction of sp³-hybridized carbons (Fsp3) is 0.364. The molecule has 0 spiro atoms. The molecule has 1 amide bonds. The van der Waals surface area contributed by atoms with Crippen LogP contribution in [0.15, 0.2) is 53.6 Å². The number of carbonyl (C=O) groups is 1. The molecule has 2 aromatic carbocycles. The Balaban J connectivity index is 1.95. The van der Waals surface area contributed by atoms with Gasteiger partial charge in [0.1, 0.15) is 5.82 Å². The predicted molar refractivity (Wildman–Crippen MR) is 106 cm³/mol. The van der Waals surface area contributed by atoms with Gasteiger partial charge in [-0.3, -0.25) is 9.69 Å². The molecule has 1 unspecified atom stereocenters. The summed E-state index contributed by atoms with van der Waals surface area (Å²) in [6, 6.07) is 14.3. The second-order valence-corrected chi connectivity index (χ2v) is 6.83. The quantitative estimate of drug-likeness (QED) is 0.769. The minimum atomic E-state index is -0.296. The molecule has 1 aliphatic heterocycles. The number of hydrogen-bond donors (Lipinski definition) is 0. The average molecular weight is 367 g/mol. The van der Waals surface area contributed by atoms with E-state index in [4.69, 9.17) is 0 Å². The summed E-state index contributed by atoms with van der Waals surface area (Å²) in [5.74, 6) is -0.325. The van der Waals surface area contributed by atoms with Crippen molar-refractivity contribution in [2.45, 2.75) is 33.2 Å². The standard InChI is InChI=1S/C22H26FN3O/c1-4-25(5-2)15-22(27)26-21(19-12-7-6-9-16(19)3)14-20(24-26)17-10-8-11-18(23)13-17/h6-13,21H,4-5,14-15H2,1-3H3. The van der Waals surface area contributed by atoms with Gasteiger partial charge >= 0.3 is 0 Å². The molecule has 5 heteroatoms. The number of nitrogens with zero attached hydrogens (tertiary/aromatic N) is 3. The van der Waals surface area contributed by atoms with E-state index in [1.54, 1.807) is 11.1 Å². The zero-order valence-corrected chi connectivity index (χ0v) is 16.2. The lowest BCUT2D eigenvalue weighted by Crippen LogP contribution is -2.38. The molecular weight excluding hydrogens is 341 g/mol. The summed E-state index contributed by atoms with van der Waals surface area (Å²) in [6.45, 7) is 8.08. The van der Waals surface area contributed by atoms with Gasteiger partial charge in [-0.25, -0.2) is 9.40 Å². The molecule has 1 heterocycles. The number of halogens is 1. The number of benzene rings is 2. The summed E-state index contributed by atoms with van der Waals surface area (Å²) >= 11 is 0. The van der Waals surface area contributed by atoms with Crippen molar-refractivity contribution in [3.63, 3.8) is 0 Å². The predicted octanol–water partition coefficient (Wildman–Crippen LogP) is 4.15. The Bertz CT molecular complexity index is 845. The van der Waals surface area contributed by atoms with E-state index in [-0.39, 0.29) is 17.8 Å². The zero-order chi connectivity index (χ0) is 19.4. The van der Waals surface area contributed by atoms with Crippen LogP contribution in [0.4, 0.5) is 4.39 Å². The van der Waals surface area contributed by atoms with Gasteiger partial charge in [0.25, 0.3) is 5.91 Å². The molecule has 1 atom stereocenters. The van der Waals surface area contributed by atoms with Crippen molar-refractivity contribution in [1.29, 1.82) is 0 Å². The molecule has 3 rings (SSSR count). The van der Waals surface area contributed by atoms with Gasteiger partial charge in [0.05, 0.1) is 18.3 Å². The Morgan fingerprint density at radius 1 is 1.19 bits per heavy atom. The minimum absolute atomic E-state index is 0.0293. The molecule has 0 saturated heterocycles. The number of hydrazone groups is 1. The highest BCUT2D eigenvalue weighted by Gasteiger charge is 2.34. The SMILES string of the molecule is CCN(CC)CC(=O)N1N=C(c2cccc(F)c2)CC1c1ccccc1C. The number of likely N-dealkylation sites (N-methyl/N-ethyl adjacent to an activating group) is 1. The zero-order valence-electron chi connectivity index (χ0n) is 16.2. The van der Waals surface area contributed by atoms with Gasteiger partial charge in [0, 0.05) is 12.0 Å². The van der Waals surface area contributed by atoms with Crippen LogP contribution in [0.5, 0.6) is 0 Å². The first-order valence-electron chi connectivity index (χ1n) is 9.46. The topological polar surface area (TPSA) is 35.9 Å². The number of rotatable bonds is 6. The van der Waals surface area contributed by atoms with Crippen LogP contribution in [0.3, 0.4) is 0 Å². The van der Waals surface area contributed by atoms with Crippen LogP contribution in [0.25, 0.3) is 0 Å². The van der Waals surface area contributed by atoms with Crippen molar-refractivity contribution >= 4 is 11.6 Å². The van der Waals surface area contributed by atoms with E-state index in [0.717, 1.165) is 35.5 Å². The van der Waals surface area contributed by atoms with Crippen LogP contribution in [0.2, 0.25) is 0 Å². The van der Waals surface area contributed by atoms with E-state index in [2.05, 4.69) is 10.0 Å². The first-order valence-corrected chi connectivity index (χ1v) is 9.46. The highest BCUT2D eigenvalue weighted by atomic mass is 19.1. The molecule has 1 aliphatic rings. The van der Waals surface area contributed by atoms with Crippen LogP contribution in [0.1, 0.15) is 43.0 Å². The lowest BCUT2D eigenvalue weighted by molar-refractivity contribution is -0.134. The smallest absolute Gasteiger partial charge is 0.257 e. The third-order valence-electron chi connectivity index (χ3n) is 5.12. The van der Waals surface area contributed by atoms with E-state index < -0.39 is 0 Å². The average Bonchev–Trinajstić information content (AvgIpc) is 3.11. The van der Waals surface area contributed by atoms with Gasteiger partial charge in [-0.05, 0) is 43.3 Å². The fourth-order valence-corrected chi connectivity index (χ4v) is 3.50. The molecule has 2 aromatic rings. The van der Waals surface area contributed by atoms with Gasteiger partial charge in [0.2, 0.25) is 0 Å². The van der Waals surface area contributed by atoms with Gasteiger partial charge in [0.15, 0.2) is 0 Å². The number of aryl methyl sites for hydroxylation is 1. The highest BCUT2D eigenvalue weighted by Crippen LogP contribution is 2.34. The summed E-state index contributed by atoms with van der Waals surface area (Å²) in [4.78, 5) is 15.1. The first-order chi connectivity index (χ1) is 13.0. The van der Waals surface area contributed by atoms with E-state index in [1.807, 2.05) is 51.1 Å². The summed E-state index contributed by atoms with van der Waals surface area (Å²) in [7, 11) is 0. The maximum Gasteiger partial charge on any atom is 0.257 e.